The number of piperidine rings is 1. The van der Waals surface area contributed by atoms with Crippen molar-refractivity contribution < 1.29 is 4.79 Å². The molecular formula is C33H34Cl2N4O. The number of halogens is 2. The SMILES string of the molecule is Cc1cc(/C=N/NC(=O)c2ccc(CN3CCC(Cc4ccccc4)CC3)cc2)c(C)n1-c1cccc(Cl)c1Cl. The summed E-state index contributed by atoms with van der Waals surface area (Å²) in [6.45, 7) is 7.11. The van der Waals surface area contributed by atoms with Crippen molar-refractivity contribution >= 4 is 35.3 Å². The van der Waals surface area contributed by atoms with Crippen molar-refractivity contribution in [1.29, 1.82) is 0 Å². The van der Waals surface area contributed by atoms with Crippen molar-refractivity contribution in [3.63, 3.8) is 0 Å². The number of hydrazone groups is 1. The Labute approximate surface area is 246 Å². The minimum Gasteiger partial charge on any atom is -0.316 e. The second-order valence-corrected chi connectivity index (χ2v) is 11.3. The van der Waals surface area contributed by atoms with Crippen LogP contribution in [0.15, 0.2) is 84.0 Å². The minimum absolute atomic E-state index is 0.240. The van der Waals surface area contributed by atoms with E-state index in [4.69, 9.17) is 23.2 Å². The molecule has 40 heavy (non-hydrogen) atoms. The number of hydrogen-bond acceptors (Lipinski definition) is 3. The first kappa shape index (κ1) is 28.2. The van der Waals surface area contributed by atoms with Crippen molar-refractivity contribution in [2.75, 3.05) is 13.1 Å². The molecule has 4 aromatic rings. The Morgan fingerprint density at radius 3 is 2.40 bits per heavy atom. The van der Waals surface area contributed by atoms with Gasteiger partial charge in [-0.15, -0.1) is 0 Å². The molecular weight excluding hydrogens is 539 g/mol. The van der Waals surface area contributed by atoms with Crippen LogP contribution >= 0.6 is 23.2 Å². The number of nitrogens with zero attached hydrogens (tertiary/aromatic N) is 3. The van der Waals surface area contributed by atoms with Gasteiger partial charge in [-0.05, 0) is 93.6 Å². The van der Waals surface area contributed by atoms with Gasteiger partial charge in [-0.1, -0.05) is 71.7 Å². The Hall–Kier alpha value is -3.38. The van der Waals surface area contributed by atoms with E-state index in [1.807, 2.05) is 60.9 Å². The molecule has 0 saturated carbocycles. The van der Waals surface area contributed by atoms with E-state index in [0.29, 0.717) is 15.6 Å². The summed E-state index contributed by atoms with van der Waals surface area (Å²) in [5, 5.41) is 5.22. The highest BCUT2D eigenvalue weighted by Gasteiger charge is 2.20. The van der Waals surface area contributed by atoms with Gasteiger partial charge >= 0.3 is 0 Å². The summed E-state index contributed by atoms with van der Waals surface area (Å²) in [4.78, 5) is 15.2. The maximum Gasteiger partial charge on any atom is 0.271 e. The van der Waals surface area contributed by atoms with Gasteiger partial charge in [-0.2, -0.15) is 5.10 Å². The third-order valence-electron chi connectivity index (χ3n) is 7.71. The molecule has 2 heterocycles. The summed E-state index contributed by atoms with van der Waals surface area (Å²) in [6, 6.07) is 26.2. The number of aryl methyl sites for hydroxylation is 1. The van der Waals surface area contributed by atoms with Gasteiger partial charge < -0.3 is 4.57 Å². The quantitative estimate of drug-likeness (QED) is 0.174. The van der Waals surface area contributed by atoms with E-state index in [0.717, 1.165) is 48.2 Å². The van der Waals surface area contributed by atoms with Crippen LogP contribution in [0.2, 0.25) is 10.0 Å². The van der Waals surface area contributed by atoms with Crippen molar-refractivity contribution in [2.45, 2.75) is 39.7 Å². The number of hydrogen-bond donors (Lipinski definition) is 1. The molecule has 1 N–H and O–H groups in total. The van der Waals surface area contributed by atoms with E-state index in [1.165, 1.54) is 30.4 Å². The maximum absolute atomic E-state index is 12.7. The molecule has 7 heteroatoms. The lowest BCUT2D eigenvalue weighted by Crippen LogP contribution is -2.33. The second kappa shape index (κ2) is 12.9. The number of amides is 1. The Kier molecular flexibility index (Phi) is 9.05. The average Bonchev–Trinajstić information content (AvgIpc) is 3.24. The summed E-state index contributed by atoms with van der Waals surface area (Å²) < 4.78 is 2.03. The lowest BCUT2D eigenvalue weighted by Gasteiger charge is -2.32. The number of rotatable bonds is 8. The van der Waals surface area contributed by atoms with Crippen molar-refractivity contribution in [3.8, 4) is 5.69 Å². The van der Waals surface area contributed by atoms with E-state index >= 15 is 0 Å². The van der Waals surface area contributed by atoms with Crippen LogP contribution in [0, 0.1) is 19.8 Å². The topological polar surface area (TPSA) is 49.6 Å². The van der Waals surface area contributed by atoms with Gasteiger partial charge in [0.1, 0.15) is 0 Å². The van der Waals surface area contributed by atoms with Crippen LogP contribution in [0.4, 0.5) is 0 Å². The van der Waals surface area contributed by atoms with Gasteiger partial charge in [-0.25, -0.2) is 5.43 Å². The van der Waals surface area contributed by atoms with E-state index in [1.54, 1.807) is 12.3 Å². The van der Waals surface area contributed by atoms with Gasteiger partial charge in [0, 0.05) is 29.1 Å². The first-order chi connectivity index (χ1) is 19.4. The molecule has 1 aliphatic heterocycles. The molecule has 0 atom stereocenters. The van der Waals surface area contributed by atoms with E-state index < -0.39 is 0 Å². The molecule has 0 unspecified atom stereocenters. The Balaban J connectivity index is 1.13. The molecule has 0 bridgehead atoms. The second-order valence-electron chi connectivity index (χ2n) is 10.5. The Morgan fingerprint density at radius 2 is 1.68 bits per heavy atom. The fourth-order valence-corrected chi connectivity index (χ4v) is 5.88. The summed E-state index contributed by atoms with van der Waals surface area (Å²) in [6.07, 6.45) is 5.27. The van der Waals surface area contributed by atoms with Crippen LogP contribution < -0.4 is 5.43 Å². The van der Waals surface area contributed by atoms with Gasteiger partial charge in [-0.3, -0.25) is 9.69 Å². The molecule has 1 saturated heterocycles. The molecule has 1 aromatic heterocycles. The number of benzene rings is 3. The van der Waals surface area contributed by atoms with Gasteiger partial charge in [0.15, 0.2) is 0 Å². The molecule has 3 aromatic carbocycles. The van der Waals surface area contributed by atoms with Crippen LogP contribution in [0.5, 0.6) is 0 Å². The van der Waals surface area contributed by atoms with Gasteiger partial charge in [0.05, 0.1) is 21.9 Å². The fourth-order valence-electron chi connectivity index (χ4n) is 5.49. The van der Waals surface area contributed by atoms with Crippen LogP contribution in [-0.2, 0) is 13.0 Å². The largest absolute Gasteiger partial charge is 0.316 e. The van der Waals surface area contributed by atoms with Gasteiger partial charge in [0.25, 0.3) is 5.91 Å². The highest BCUT2D eigenvalue weighted by atomic mass is 35.5. The molecule has 1 aliphatic rings. The van der Waals surface area contributed by atoms with E-state index in [9.17, 15) is 4.79 Å². The Morgan fingerprint density at radius 1 is 0.950 bits per heavy atom. The number of aromatic nitrogens is 1. The normalized spacial score (nSPS) is 14.6. The predicted octanol–water partition coefficient (Wildman–Crippen LogP) is 7.62. The zero-order chi connectivity index (χ0) is 28.1. The lowest BCUT2D eigenvalue weighted by molar-refractivity contribution is 0.0955. The maximum atomic E-state index is 12.7. The van der Waals surface area contributed by atoms with Crippen LogP contribution in [0.1, 0.15) is 51.3 Å². The summed E-state index contributed by atoms with van der Waals surface area (Å²) in [5.74, 6) is 0.516. The smallest absolute Gasteiger partial charge is 0.271 e. The molecule has 206 valence electrons. The van der Waals surface area contributed by atoms with E-state index in [2.05, 4.69) is 45.8 Å². The van der Waals surface area contributed by atoms with Crippen molar-refractivity contribution in [1.82, 2.24) is 14.9 Å². The van der Waals surface area contributed by atoms with Crippen LogP contribution in [0.25, 0.3) is 5.69 Å². The standard InChI is InChI=1S/C33H34Cl2N4O/c1-23-19-29(24(2)39(23)31-10-6-9-30(34)32(31)35)21-36-37-33(40)28-13-11-27(12-14-28)22-38-17-15-26(16-18-38)20-25-7-4-3-5-8-25/h3-14,19,21,26H,15-18,20,22H2,1-2H3,(H,37,40)/b36-21+. The number of likely N-dealkylation sites (tertiary alicyclic amines) is 1. The average molecular weight is 574 g/mol. The fraction of sp³-hybridized carbons (Fsp3) is 0.273. The summed E-state index contributed by atoms with van der Waals surface area (Å²) in [7, 11) is 0. The molecule has 1 fully saturated rings. The number of carbonyl (C=O) groups excluding carboxylic acids is 1. The Bertz CT molecular complexity index is 1490. The molecule has 0 spiro atoms. The van der Waals surface area contributed by atoms with Crippen LogP contribution in [0.3, 0.4) is 0 Å². The third-order valence-corrected chi connectivity index (χ3v) is 8.52. The minimum atomic E-state index is -0.240. The van der Waals surface area contributed by atoms with Crippen molar-refractivity contribution in [2.24, 2.45) is 11.0 Å². The first-order valence-electron chi connectivity index (χ1n) is 13.7. The van der Waals surface area contributed by atoms with Gasteiger partial charge in [0.2, 0.25) is 0 Å². The lowest BCUT2D eigenvalue weighted by atomic mass is 9.90. The number of nitrogens with one attached hydrogen (secondary N) is 1. The van der Waals surface area contributed by atoms with Crippen LogP contribution in [-0.4, -0.2) is 34.7 Å². The molecule has 0 radical (unpaired) electrons. The third kappa shape index (κ3) is 6.67. The zero-order valence-corrected chi connectivity index (χ0v) is 24.4. The highest BCUT2D eigenvalue weighted by Crippen LogP contribution is 2.31. The molecule has 5 rings (SSSR count). The summed E-state index contributed by atoms with van der Waals surface area (Å²) >= 11 is 12.7. The molecule has 5 nitrogen and oxygen atoms in total. The summed E-state index contributed by atoms with van der Waals surface area (Å²) in [5.41, 5.74) is 9.53. The monoisotopic (exact) mass is 572 g/mol. The number of carbonyl (C=O) groups is 1. The highest BCUT2D eigenvalue weighted by molar-refractivity contribution is 6.43. The first-order valence-corrected chi connectivity index (χ1v) is 14.5. The molecule has 0 aliphatic carbocycles. The predicted molar refractivity (Wildman–Crippen MR) is 165 cm³/mol. The van der Waals surface area contributed by atoms with Crippen molar-refractivity contribution in [3.05, 3.63) is 123 Å². The van der Waals surface area contributed by atoms with E-state index in [-0.39, 0.29) is 5.91 Å². The molecule has 1 amide bonds. The zero-order valence-electron chi connectivity index (χ0n) is 22.9.